The van der Waals surface area contributed by atoms with Gasteiger partial charge in [-0.25, -0.2) is 4.79 Å². The number of carbonyl (C=O) groups is 2. The summed E-state index contributed by atoms with van der Waals surface area (Å²) in [5, 5.41) is 2.90. The number of nitrogens with one attached hydrogen (secondary N) is 1. The van der Waals surface area contributed by atoms with Crippen LogP contribution in [0.1, 0.15) is 12.0 Å². The van der Waals surface area contributed by atoms with Gasteiger partial charge in [-0.2, -0.15) is 0 Å². The van der Waals surface area contributed by atoms with Crippen molar-refractivity contribution in [2.24, 2.45) is 11.7 Å². The van der Waals surface area contributed by atoms with Crippen LogP contribution < -0.4 is 16.0 Å². The van der Waals surface area contributed by atoms with Crippen molar-refractivity contribution < 1.29 is 14.3 Å². The van der Waals surface area contributed by atoms with Crippen LogP contribution >= 0.6 is 0 Å². The number of hydrogen-bond acceptors (Lipinski definition) is 4. The molecule has 2 saturated heterocycles. The Labute approximate surface area is 141 Å². The summed E-state index contributed by atoms with van der Waals surface area (Å²) in [7, 11) is 0. The lowest BCUT2D eigenvalue weighted by atomic mass is 10.1. The van der Waals surface area contributed by atoms with Gasteiger partial charge in [-0.1, -0.05) is 12.1 Å². The van der Waals surface area contributed by atoms with Crippen LogP contribution in [0.4, 0.5) is 10.5 Å². The van der Waals surface area contributed by atoms with Gasteiger partial charge >= 0.3 is 6.03 Å². The van der Waals surface area contributed by atoms with Crippen LogP contribution in [0.5, 0.6) is 0 Å². The summed E-state index contributed by atoms with van der Waals surface area (Å²) in [4.78, 5) is 27.2. The van der Waals surface area contributed by atoms with Gasteiger partial charge in [0, 0.05) is 38.4 Å². The number of nitrogens with two attached hydrogens (primary N) is 1. The van der Waals surface area contributed by atoms with Gasteiger partial charge in [0.2, 0.25) is 5.91 Å². The van der Waals surface area contributed by atoms with Crippen molar-refractivity contribution in [2.75, 3.05) is 44.3 Å². The number of hydrogen-bond donors (Lipinski definition) is 2. The fourth-order valence-electron chi connectivity index (χ4n) is 3.11. The Bertz CT molecular complexity index is 584. The summed E-state index contributed by atoms with van der Waals surface area (Å²) < 4.78 is 5.36. The second-order valence-corrected chi connectivity index (χ2v) is 6.26. The number of urea groups is 1. The molecule has 130 valence electrons. The van der Waals surface area contributed by atoms with Crippen molar-refractivity contribution in [3.63, 3.8) is 0 Å². The molecule has 1 atom stereocenters. The van der Waals surface area contributed by atoms with Crippen molar-refractivity contribution in [1.82, 2.24) is 10.2 Å². The molecule has 3 N–H and O–H groups in total. The summed E-state index contributed by atoms with van der Waals surface area (Å²) in [5.41, 5.74) is 7.52. The van der Waals surface area contributed by atoms with Crippen LogP contribution in [0, 0.1) is 5.92 Å². The molecule has 24 heavy (non-hydrogen) atoms. The van der Waals surface area contributed by atoms with Crippen LogP contribution in [0.2, 0.25) is 0 Å². The lowest BCUT2D eigenvalue weighted by molar-refractivity contribution is -0.121. The molecule has 2 aliphatic rings. The lowest BCUT2D eigenvalue weighted by Crippen LogP contribution is -2.39. The van der Waals surface area contributed by atoms with Gasteiger partial charge in [0.15, 0.2) is 0 Å². The molecule has 2 aliphatic heterocycles. The van der Waals surface area contributed by atoms with Crippen LogP contribution in [-0.4, -0.2) is 56.2 Å². The van der Waals surface area contributed by atoms with Gasteiger partial charge in [0.1, 0.15) is 0 Å². The van der Waals surface area contributed by atoms with Gasteiger partial charge in [0.25, 0.3) is 0 Å². The molecule has 0 saturated carbocycles. The predicted octanol–water partition coefficient (Wildman–Crippen LogP) is 0.540. The first kappa shape index (κ1) is 16.6. The minimum absolute atomic E-state index is 0.143. The van der Waals surface area contributed by atoms with Crippen LogP contribution in [-0.2, 0) is 16.1 Å². The molecular weight excluding hydrogens is 308 g/mol. The monoisotopic (exact) mass is 332 g/mol. The van der Waals surface area contributed by atoms with E-state index in [4.69, 9.17) is 10.5 Å². The second kappa shape index (κ2) is 7.53. The van der Waals surface area contributed by atoms with E-state index in [9.17, 15) is 9.59 Å². The number of amides is 3. The molecule has 2 heterocycles. The molecular formula is C17H24N4O3. The maximum absolute atomic E-state index is 12.1. The van der Waals surface area contributed by atoms with Gasteiger partial charge in [0.05, 0.1) is 19.1 Å². The third-order valence-corrected chi connectivity index (χ3v) is 4.63. The number of benzene rings is 1. The fourth-order valence-corrected chi connectivity index (χ4v) is 3.11. The average molecular weight is 332 g/mol. The summed E-state index contributed by atoms with van der Waals surface area (Å²) >= 11 is 0. The van der Waals surface area contributed by atoms with Crippen molar-refractivity contribution >= 4 is 17.6 Å². The molecule has 1 unspecified atom stereocenters. The van der Waals surface area contributed by atoms with Crippen LogP contribution in [0.15, 0.2) is 24.3 Å². The fraction of sp³-hybridized carbons (Fsp3) is 0.529. The number of nitrogens with zero attached hydrogens (tertiary/aromatic N) is 2. The number of rotatable bonds is 4. The molecule has 3 rings (SSSR count). The third kappa shape index (κ3) is 3.97. The molecule has 0 bridgehead atoms. The van der Waals surface area contributed by atoms with Crippen molar-refractivity contribution in [1.29, 1.82) is 0 Å². The highest BCUT2D eigenvalue weighted by Crippen LogP contribution is 2.17. The van der Waals surface area contributed by atoms with Gasteiger partial charge in [-0.15, -0.1) is 0 Å². The molecule has 0 aliphatic carbocycles. The lowest BCUT2D eigenvalue weighted by Gasteiger charge is -2.29. The Balaban J connectivity index is 1.48. The number of ether oxygens (including phenoxy) is 1. The van der Waals surface area contributed by atoms with Crippen LogP contribution in [0.25, 0.3) is 0 Å². The van der Waals surface area contributed by atoms with E-state index in [0.717, 1.165) is 31.9 Å². The molecule has 0 radical (unpaired) electrons. The van der Waals surface area contributed by atoms with E-state index in [-0.39, 0.29) is 17.9 Å². The Morgan fingerprint density at radius 2 is 1.88 bits per heavy atom. The van der Waals surface area contributed by atoms with Gasteiger partial charge in [-0.05, 0) is 24.1 Å². The second-order valence-electron chi connectivity index (χ2n) is 6.26. The van der Waals surface area contributed by atoms with Gasteiger partial charge < -0.3 is 25.6 Å². The number of morpholine rings is 1. The smallest absolute Gasteiger partial charge is 0.317 e. The van der Waals surface area contributed by atoms with E-state index < -0.39 is 0 Å². The third-order valence-electron chi connectivity index (χ3n) is 4.63. The van der Waals surface area contributed by atoms with Crippen molar-refractivity contribution in [2.45, 2.75) is 13.0 Å². The topological polar surface area (TPSA) is 87.9 Å². The number of anilines is 1. The van der Waals surface area contributed by atoms with E-state index in [1.54, 1.807) is 4.90 Å². The first-order valence-corrected chi connectivity index (χ1v) is 8.37. The first-order chi connectivity index (χ1) is 11.6. The Morgan fingerprint density at radius 3 is 2.50 bits per heavy atom. The predicted molar refractivity (Wildman–Crippen MR) is 90.6 cm³/mol. The van der Waals surface area contributed by atoms with E-state index in [1.807, 2.05) is 12.1 Å². The highest BCUT2D eigenvalue weighted by atomic mass is 16.5. The van der Waals surface area contributed by atoms with E-state index in [0.29, 0.717) is 26.1 Å². The highest BCUT2D eigenvalue weighted by molar-refractivity contribution is 5.80. The summed E-state index contributed by atoms with van der Waals surface area (Å²) in [5.74, 6) is -0.549. The largest absolute Gasteiger partial charge is 0.378 e. The molecule has 2 fully saturated rings. The Kier molecular flexibility index (Phi) is 5.20. The van der Waals surface area contributed by atoms with E-state index in [1.165, 1.54) is 5.69 Å². The van der Waals surface area contributed by atoms with Crippen molar-refractivity contribution in [3.05, 3.63) is 29.8 Å². The first-order valence-electron chi connectivity index (χ1n) is 8.37. The SMILES string of the molecule is NC(=O)C1CCN(C(=O)NCc2ccc(N3CCOCC3)cc2)C1. The minimum Gasteiger partial charge on any atom is -0.378 e. The Morgan fingerprint density at radius 1 is 1.17 bits per heavy atom. The van der Waals surface area contributed by atoms with Crippen molar-refractivity contribution in [3.8, 4) is 0 Å². The number of primary amides is 1. The summed E-state index contributed by atoms with van der Waals surface area (Å²) in [6.45, 7) is 4.81. The molecule has 1 aromatic rings. The zero-order valence-corrected chi connectivity index (χ0v) is 13.7. The molecule has 1 aromatic carbocycles. The summed E-state index contributed by atoms with van der Waals surface area (Å²) in [6, 6.07) is 8.07. The quantitative estimate of drug-likeness (QED) is 0.842. The zero-order valence-electron chi connectivity index (χ0n) is 13.7. The number of likely N-dealkylation sites (tertiary alicyclic amines) is 1. The van der Waals surface area contributed by atoms with E-state index >= 15 is 0 Å². The molecule has 7 heteroatoms. The van der Waals surface area contributed by atoms with E-state index in [2.05, 4.69) is 22.3 Å². The summed E-state index contributed by atoms with van der Waals surface area (Å²) in [6.07, 6.45) is 0.650. The Hall–Kier alpha value is -2.28. The standard InChI is InChI=1S/C17H24N4O3/c18-16(22)14-5-6-21(12-14)17(23)19-11-13-1-3-15(4-2-13)20-7-9-24-10-8-20/h1-4,14H,5-12H2,(H2,18,22)(H,19,23). The molecule has 7 nitrogen and oxygen atoms in total. The minimum atomic E-state index is -0.330. The zero-order chi connectivity index (χ0) is 16.9. The maximum Gasteiger partial charge on any atom is 0.317 e. The average Bonchev–Trinajstić information content (AvgIpc) is 3.11. The maximum atomic E-state index is 12.1. The molecule has 0 spiro atoms. The number of carbonyl (C=O) groups excluding carboxylic acids is 2. The van der Waals surface area contributed by atoms with Gasteiger partial charge in [-0.3, -0.25) is 4.79 Å². The molecule has 0 aromatic heterocycles. The normalized spacial score (nSPS) is 20.9. The highest BCUT2D eigenvalue weighted by Gasteiger charge is 2.29. The van der Waals surface area contributed by atoms with Crippen LogP contribution in [0.3, 0.4) is 0 Å². The molecule has 3 amide bonds.